The monoisotopic (exact) mass is 185 g/mol. The van der Waals surface area contributed by atoms with E-state index in [4.69, 9.17) is 14.2 Å². The molecule has 0 saturated carbocycles. The van der Waals surface area contributed by atoms with Gasteiger partial charge in [-0.05, 0) is 0 Å². The summed E-state index contributed by atoms with van der Waals surface area (Å²) < 4.78 is 15.0. The predicted molar refractivity (Wildman–Crippen MR) is 36.1 cm³/mol. The third-order valence-electron chi connectivity index (χ3n) is 1.42. The van der Waals surface area contributed by atoms with E-state index in [-0.39, 0.29) is 12.4 Å². The molecule has 0 aliphatic carbocycles. The summed E-state index contributed by atoms with van der Waals surface area (Å²) in [6.07, 6.45) is 0.635. The largest absolute Gasteiger partial charge is 1.00 e. The predicted octanol–water partition coefficient (Wildman–Crippen LogP) is -3.78. The van der Waals surface area contributed by atoms with E-state index < -0.39 is 5.97 Å². The molecule has 0 aromatic rings. The third kappa shape index (κ3) is 3.88. The van der Waals surface area contributed by atoms with E-state index in [1.54, 1.807) is 21.3 Å². The van der Waals surface area contributed by atoms with E-state index in [0.29, 0.717) is 6.42 Å². The molecule has 70 valence electrons. The normalized spacial score (nSPS) is 10.9. The molecule has 0 bridgehead atoms. The summed E-state index contributed by atoms with van der Waals surface area (Å²) >= 11 is 0. The third-order valence-corrected chi connectivity index (χ3v) is 1.42. The summed E-state index contributed by atoms with van der Waals surface area (Å²) in [4.78, 5) is 0. The number of hydrogen-bond acceptors (Lipinski definition) is 3. The van der Waals surface area contributed by atoms with Crippen LogP contribution in [0.4, 0.5) is 0 Å². The summed E-state index contributed by atoms with van der Waals surface area (Å²) in [5.74, 6) is -0.887. The molecule has 3 N–H and O–H groups in total. The van der Waals surface area contributed by atoms with Gasteiger partial charge < -0.3 is 32.4 Å². The van der Waals surface area contributed by atoms with Gasteiger partial charge in [0.1, 0.15) is 0 Å². The molecule has 0 amide bonds. The molecule has 0 aromatic carbocycles. The molecule has 0 heterocycles. The van der Waals surface area contributed by atoms with Gasteiger partial charge in [-0.1, -0.05) is 0 Å². The first-order valence-electron chi connectivity index (χ1n) is 3.19. The minimum Gasteiger partial charge on any atom is -1.00 e. The Labute approximate surface area is 73.4 Å². The van der Waals surface area contributed by atoms with E-state index in [2.05, 4.69) is 5.73 Å². The number of quaternary nitrogens is 1. The fourth-order valence-corrected chi connectivity index (χ4v) is 0.773. The van der Waals surface area contributed by atoms with E-state index in [1.807, 2.05) is 0 Å². The van der Waals surface area contributed by atoms with Crippen LogP contribution in [-0.2, 0) is 14.2 Å². The first-order chi connectivity index (χ1) is 4.74. The lowest BCUT2D eigenvalue weighted by Crippen LogP contribution is -3.00. The zero-order valence-electron chi connectivity index (χ0n) is 7.22. The van der Waals surface area contributed by atoms with Crippen molar-refractivity contribution in [2.45, 2.75) is 12.4 Å². The van der Waals surface area contributed by atoms with Crippen molar-refractivity contribution in [2.75, 3.05) is 27.9 Å². The summed E-state index contributed by atoms with van der Waals surface area (Å²) in [6, 6.07) is 0. The topological polar surface area (TPSA) is 55.3 Å². The second-order valence-electron chi connectivity index (χ2n) is 1.90. The van der Waals surface area contributed by atoms with Gasteiger partial charge in [-0.15, -0.1) is 0 Å². The maximum absolute atomic E-state index is 4.99. The maximum atomic E-state index is 4.99. The van der Waals surface area contributed by atoms with Crippen molar-refractivity contribution in [1.82, 2.24) is 0 Å². The van der Waals surface area contributed by atoms with Crippen molar-refractivity contribution in [3.05, 3.63) is 0 Å². The lowest BCUT2D eigenvalue weighted by atomic mass is 10.4. The summed E-state index contributed by atoms with van der Waals surface area (Å²) in [5.41, 5.74) is 3.67. The molecule has 0 rings (SSSR count). The van der Waals surface area contributed by atoms with Gasteiger partial charge in [-0.2, -0.15) is 0 Å². The van der Waals surface area contributed by atoms with Gasteiger partial charge in [0, 0.05) is 21.3 Å². The Morgan fingerprint density at radius 2 is 1.45 bits per heavy atom. The molecule has 0 radical (unpaired) electrons. The molecule has 0 aromatic heterocycles. The number of rotatable bonds is 5. The number of halogens is 1. The Bertz CT molecular complexity index is 79.6. The molecule has 0 unspecified atom stereocenters. The van der Waals surface area contributed by atoms with Crippen molar-refractivity contribution >= 4 is 0 Å². The van der Waals surface area contributed by atoms with Crippen LogP contribution >= 0.6 is 0 Å². The maximum Gasteiger partial charge on any atom is 0.287 e. The van der Waals surface area contributed by atoms with E-state index in [0.717, 1.165) is 6.54 Å². The Morgan fingerprint density at radius 1 is 1.09 bits per heavy atom. The average molecular weight is 186 g/mol. The smallest absolute Gasteiger partial charge is 0.287 e. The number of ether oxygens (including phenoxy) is 3. The van der Waals surface area contributed by atoms with Crippen LogP contribution in [0.1, 0.15) is 6.42 Å². The molecule has 0 saturated heterocycles. The minimum absolute atomic E-state index is 0. The van der Waals surface area contributed by atoms with Crippen LogP contribution in [0.25, 0.3) is 0 Å². The molecule has 0 aliphatic heterocycles. The SMILES string of the molecule is COC(CC[NH3+])(OC)OC.[Cl-]. The van der Waals surface area contributed by atoms with Gasteiger partial charge in [0.25, 0.3) is 5.97 Å². The fraction of sp³-hybridized carbons (Fsp3) is 1.00. The highest BCUT2D eigenvalue weighted by Gasteiger charge is 2.28. The van der Waals surface area contributed by atoms with Crippen LogP contribution < -0.4 is 18.1 Å². The zero-order valence-corrected chi connectivity index (χ0v) is 7.98. The first kappa shape index (κ1) is 13.7. The van der Waals surface area contributed by atoms with Crippen LogP contribution in [0.3, 0.4) is 0 Å². The van der Waals surface area contributed by atoms with Crippen LogP contribution in [0.15, 0.2) is 0 Å². The lowest BCUT2D eigenvalue weighted by Gasteiger charge is -2.26. The van der Waals surface area contributed by atoms with Gasteiger partial charge in [-0.25, -0.2) is 0 Å². The Balaban J connectivity index is 0. The molecule has 5 heteroatoms. The standard InChI is InChI=1S/C6H15NO3.ClH/c1-8-6(9-2,10-3)4-5-7;/h4-5,7H2,1-3H3;1H. The van der Waals surface area contributed by atoms with Crippen molar-refractivity contribution in [1.29, 1.82) is 0 Å². The highest BCUT2D eigenvalue weighted by atomic mass is 35.5. The minimum atomic E-state index is -0.887. The van der Waals surface area contributed by atoms with Crippen molar-refractivity contribution in [3.8, 4) is 0 Å². The van der Waals surface area contributed by atoms with E-state index in [1.165, 1.54) is 0 Å². The highest BCUT2D eigenvalue weighted by Crippen LogP contribution is 2.14. The second-order valence-corrected chi connectivity index (χ2v) is 1.90. The summed E-state index contributed by atoms with van der Waals surface area (Å²) in [5, 5.41) is 0. The molecule has 11 heavy (non-hydrogen) atoms. The second kappa shape index (κ2) is 6.82. The van der Waals surface area contributed by atoms with Crippen LogP contribution in [0.5, 0.6) is 0 Å². The van der Waals surface area contributed by atoms with Crippen LogP contribution in [-0.4, -0.2) is 33.8 Å². The fourth-order valence-electron chi connectivity index (χ4n) is 0.773. The van der Waals surface area contributed by atoms with Gasteiger partial charge in [-0.3, -0.25) is 0 Å². The van der Waals surface area contributed by atoms with Crippen LogP contribution in [0.2, 0.25) is 0 Å². The Morgan fingerprint density at radius 3 is 1.55 bits per heavy atom. The molecule has 0 aliphatic rings. The van der Waals surface area contributed by atoms with Crippen molar-refractivity contribution < 1.29 is 32.4 Å². The molecule has 4 nitrogen and oxygen atoms in total. The highest BCUT2D eigenvalue weighted by molar-refractivity contribution is 4.52. The summed E-state index contributed by atoms with van der Waals surface area (Å²) in [7, 11) is 4.63. The quantitative estimate of drug-likeness (QED) is 0.448. The van der Waals surface area contributed by atoms with Gasteiger partial charge in [0.2, 0.25) is 0 Å². The Hall–Kier alpha value is 0.130. The van der Waals surface area contributed by atoms with Crippen molar-refractivity contribution in [2.24, 2.45) is 0 Å². The Kier molecular flexibility index (Phi) is 8.49. The lowest BCUT2D eigenvalue weighted by molar-refractivity contribution is -0.415. The average Bonchev–Trinajstić information content (AvgIpc) is 2.01. The van der Waals surface area contributed by atoms with E-state index >= 15 is 0 Å². The first-order valence-corrected chi connectivity index (χ1v) is 3.19. The van der Waals surface area contributed by atoms with Gasteiger partial charge in [0.15, 0.2) is 0 Å². The molecule has 0 fully saturated rings. The molecular weight excluding hydrogens is 170 g/mol. The van der Waals surface area contributed by atoms with E-state index in [9.17, 15) is 0 Å². The van der Waals surface area contributed by atoms with Crippen LogP contribution in [0, 0.1) is 0 Å². The van der Waals surface area contributed by atoms with Gasteiger partial charge in [0.05, 0.1) is 13.0 Å². The molecule has 0 spiro atoms. The number of hydrogen-bond donors (Lipinski definition) is 1. The molecular formula is C6H16ClNO3. The van der Waals surface area contributed by atoms with Crippen molar-refractivity contribution in [3.63, 3.8) is 0 Å². The molecule has 0 atom stereocenters. The summed E-state index contributed by atoms with van der Waals surface area (Å²) in [6.45, 7) is 0.718. The number of methoxy groups -OCH3 is 3. The van der Waals surface area contributed by atoms with Gasteiger partial charge >= 0.3 is 0 Å². The zero-order chi connectivity index (χ0) is 8.04.